The van der Waals surface area contributed by atoms with E-state index in [-0.39, 0.29) is 10.7 Å². The number of nitrogens with one attached hydrogen (secondary N) is 1. The molecule has 0 fully saturated rings. The van der Waals surface area contributed by atoms with E-state index in [1.807, 2.05) is 0 Å². The van der Waals surface area contributed by atoms with Gasteiger partial charge in [0, 0.05) is 11.6 Å². The van der Waals surface area contributed by atoms with E-state index < -0.39 is 46.0 Å². The molecule has 28 heavy (non-hydrogen) atoms. The van der Waals surface area contributed by atoms with Crippen molar-refractivity contribution in [3.05, 3.63) is 75.2 Å². The highest BCUT2D eigenvalue weighted by Gasteiger charge is 2.38. The number of Topliss-reactive ketones (excluding diaryl/α,β-unsaturated/α-hetero) is 1. The number of alkyl halides is 3. The number of benzene rings is 1. The van der Waals surface area contributed by atoms with Crippen molar-refractivity contribution in [1.82, 2.24) is 15.3 Å². The van der Waals surface area contributed by atoms with Crippen molar-refractivity contribution >= 4 is 23.2 Å². The molecule has 2 heterocycles. The summed E-state index contributed by atoms with van der Waals surface area (Å²) in [7, 11) is 0. The summed E-state index contributed by atoms with van der Waals surface area (Å²) in [5.74, 6) is -3.04. The van der Waals surface area contributed by atoms with Crippen LogP contribution in [0.5, 0.6) is 0 Å². The maximum atomic E-state index is 13.9. The van der Waals surface area contributed by atoms with Crippen LogP contribution in [0.4, 0.5) is 22.0 Å². The van der Waals surface area contributed by atoms with Gasteiger partial charge >= 0.3 is 6.18 Å². The van der Waals surface area contributed by atoms with E-state index in [0.717, 1.165) is 30.0 Å². The molecule has 0 saturated heterocycles. The van der Waals surface area contributed by atoms with Gasteiger partial charge in [-0.2, -0.15) is 18.4 Å². The summed E-state index contributed by atoms with van der Waals surface area (Å²) in [5.41, 5.74) is -3.57. The van der Waals surface area contributed by atoms with Crippen LogP contribution in [0.25, 0.3) is 5.70 Å². The lowest BCUT2D eigenvalue weighted by atomic mass is 10.0. The maximum absolute atomic E-state index is 13.9. The van der Waals surface area contributed by atoms with Gasteiger partial charge in [-0.05, 0) is 12.1 Å². The highest BCUT2D eigenvalue weighted by molar-refractivity contribution is 8.06. The highest BCUT2D eigenvalue weighted by atomic mass is 32.2. The van der Waals surface area contributed by atoms with Gasteiger partial charge in [0.1, 0.15) is 29.6 Å². The zero-order chi connectivity index (χ0) is 20.5. The van der Waals surface area contributed by atoms with Crippen LogP contribution in [0.1, 0.15) is 21.6 Å². The fourth-order valence-corrected chi connectivity index (χ4v) is 3.20. The van der Waals surface area contributed by atoms with E-state index in [2.05, 4.69) is 15.3 Å². The Bertz CT molecular complexity index is 1050. The van der Waals surface area contributed by atoms with Gasteiger partial charge in [0.2, 0.25) is 5.78 Å². The molecule has 0 atom stereocenters. The van der Waals surface area contributed by atoms with Crippen LogP contribution < -0.4 is 5.32 Å². The molecule has 0 radical (unpaired) electrons. The molecule has 2 aromatic rings. The molecule has 0 saturated carbocycles. The lowest BCUT2D eigenvalue weighted by Crippen LogP contribution is -2.19. The predicted octanol–water partition coefficient (Wildman–Crippen LogP) is 4.03. The first-order valence-corrected chi connectivity index (χ1v) is 8.26. The zero-order valence-electron chi connectivity index (χ0n) is 13.5. The van der Waals surface area contributed by atoms with Gasteiger partial charge in [0.15, 0.2) is 5.69 Å². The van der Waals surface area contributed by atoms with Crippen molar-refractivity contribution in [2.75, 3.05) is 0 Å². The van der Waals surface area contributed by atoms with Gasteiger partial charge in [0.05, 0.1) is 21.9 Å². The Morgan fingerprint density at radius 1 is 1.21 bits per heavy atom. The normalized spacial score (nSPS) is 15.5. The number of carbonyl (C=O) groups excluding carboxylic acids is 1. The van der Waals surface area contributed by atoms with E-state index in [0.29, 0.717) is 12.5 Å². The topological polar surface area (TPSA) is 78.7 Å². The number of ketones is 1. The molecule has 142 valence electrons. The van der Waals surface area contributed by atoms with Crippen molar-refractivity contribution in [3.63, 3.8) is 0 Å². The smallest absolute Gasteiger partial charge is 0.348 e. The maximum Gasteiger partial charge on any atom is 0.434 e. The number of rotatable bonds is 3. The van der Waals surface area contributed by atoms with Crippen LogP contribution in [-0.4, -0.2) is 15.8 Å². The minimum atomic E-state index is -4.94. The lowest BCUT2D eigenvalue weighted by molar-refractivity contribution is -0.141. The Hall–Kier alpha value is -3.26. The molecule has 0 bridgehead atoms. The second kappa shape index (κ2) is 7.40. The van der Waals surface area contributed by atoms with Gasteiger partial charge in [-0.15, -0.1) is 0 Å². The summed E-state index contributed by atoms with van der Waals surface area (Å²) in [6.07, 6.45) is -3.66. The second-order valence-corrected chi connectivity index (χ2v) is 6.18. The van der Waals surface area contributed by atoms with E-state index in [1.165, 1.54) is 11.5 Å². The molecule has 1 aliphatic rings. The monoisotopic (exact) mass is 410 g/mol. The van der Waals surface area contributed by atoms with Gasteiger partial charge in [-0.25, -0.2) is 18.7 Å². The quantitative estimate of drug-likeness (QED) is 0.356. The van der Waals surface area contributed by atoms with Crippen molar-refractivity contribution in [2.24, 2.45) is 0 Å². The van der Waals surface area contributed by atoms with E-state index >= 15 is 0 Å². The summed E-state index contributed by atoms with van der Waals surface area (Å²) in [5, 5.41) is 12.9. The summed E-state index contributed by atoms with van der Waals surface area (Å²) in [4.78, 5) is 19.0. The number of thioether (sulfide) groups is 1. The van der Waals surface area contributed by atoms with Crippen LogP contribution in [0, 0.1) is 23.0 Å². The predicted molar refractivity (Wildman–Crippen MR) is 89.1 cm³/mol. The van der Waals surface area contributed by atoms with E-state index in [1.54, 1.807) is 0 Å². The van der Waals surface area contributed by atoms with Crippen LogP contribution >= 0.6 is 11.8 Å². The van der Waals surface area contributed by atoms with Crippen LogP contribution in [0.15, 0.2) is 46.7 Å². The molecule has 0 spiro atoms. The Morgan fingerprint density at radius 3 is 2.50 bits per heavy atom. The summed E-state index contributed by atoms with van der Waals surface area (Å²) in [6.45, 7) is 0. The molecule has 1 N–H and O–H groups in total. The largest absolute Gasteiger partial charge is 0.434 e. The fourth-order valence-electron chi connectivity index (χ4n) is 2.36. The first-order chi connectivity index (χ1) is 13.2. The van der Waals surface area contributed by atoms with Crippen LogP contribution in [-0.2, 0) is 6.18 Å². The minimum absolute atomic E-state index is 0.0727. The Morgan fingerprint density at radius 2 is 1.89 bits per heavy atom. The van der Waals surface area contributed by atoms with Crippen molar-refractivity contribution < 1.29 is 26.7 Å². The zero-order valence-corrected chi connectivity index (χ0v) is 14.3. The average molecular weight is 410 g/mol. The van der Waals surface area contributed by atoms with Crippen molar-refractivity contribution in [3.8, 4) is 6.07 Å². The molecule has 1 aromatic carbocycles. The molecule has 1 aliphatic heterocycles. The molecule has 0 amide bonds. The Kier molecular flexibility index (Phi) is 5.15. The Balaban J connectivity index is 1.99. The lowest BCUT2D eigenvalue weighted by Gasteiger charge is -2.11. The minimum Gasteiger partial charge on any atom is -0.348 e. The van der Waals surface area contributed by atoms with E-state index in [9.17, 15) is 32.0 Å². The van der Waals surface area contributed by atoms with Crippen molar-refractivity contribution in [1.29, 1.82) is 5.26 Å². The average Bonchev–Trinajstić information content (AvgIpc) is 3.10. The van der Waals surface area contributed by atoms with Gasteiger partial charge in [0.25, 0.3) is 0 Å². The first kappa shape index (κ1) is 19.5. The van der Waals surface area contributed by atoms with Gasteiger partial charge < -0.3 is 5.32 Å². The van der Waals surface area contributed by atoms with E-state index in [4.69, 9.17) is 0 Å². The molecule has 5 nitrogen and oxygen atoms in total. The number of carbonyl (C=O) groups is 1. The number of aromatic nitrogens is 2. The first-order valence-electron chi connectivity index (χ1n) is 7.38. The molecular formula is C17H7F5N4OS. The third-order valence-electron chi connectivity index (χ3n) is 3.57. The highest BCUT2D eigenvalue weighted by Crippen LogP contribution is 2.36. The number of hydrogen-bond acceptors (Lipinski definition) is 6. The molecule has 1 aromatic heterocycles. The number of allylic oxidation sites excluding steroid dienone is 1. The fraction of sp³-hybridized carbons (Fsp3) is 0.0588. The molecule has 0 unspecified atom stereocenters. The SMILES string of the molecule is N#C/C(C(=O)c1cncnc1C(F)(F)F)=C1/NC(c2c(F)cccc2F)=CS1. The standard InChI is InChI=1S/C17H7F5N4OS/c18-10-2-1-3-11(19)13(10)12-6-28-16(26-12)8(4-23)14(27)9-5-24-7-25-15(9)17(20,21)22/h1-3,5-7,26H/b16-8+. The summed E-state index contributed by atoms with van der Waals surface area (Å²) in [6, 6.07) is 4.71. The number of halogens is 5. The van der Waals surface area contributed by atoms with Crippen LogP contribution in [0.2, 0.25) is 0 Å². The molecule has 3 rings (SSSR count). The number of nitrogens with zero attached hydrogens (tertiary/aromatic N) is 3. The molecule has 11 heteroatoms. The van der Waals surface area contributed by atoms with Gasteiger partial charge in [-0.3, -0.25) is 4.79 Å². The summed E-state index contributed by atoms with van der Waals surface area (Å²) >= 11 is 0.739. The molecule has 0 aliphatic carbocycles. The second-order valence-electron chi connectivity index (χ2n) is 5.30. The summed E-state index contributed by atoms with van der Waals surface area (Å²) < 4.78 is 67.0. The third-order valence-corrected chi connectivity index (χ3v) is 4.46. The van der Waals surface area contributed by atoms with Crippen LogP contribution in [0.3, 0.4) is 0 Å². The van der Waals surface area contributed by atoms with Gasteiger partial charge in [-0.1, -0.05) is 17.8 Å². The Labute approximate surface area is 158 Å². The van der Waals surface area contributed by atoms with Crippen molar-refractivity contribution in [2.45, 2.75) is 6.18 Å². The number of hydrogen-bond donors (Lipinski definition) is 1. The molecular weight excluding hydrogens is 403 g/mol. The number of nitriles is 1. The third kappa shape index (κ3) is 3.59.